The van der Waals surface area contributed by atoms with Gasteiger partial charge >= 0.3 is 6.09 Å². The van der Waals surface area contributed by atoms with Gasteiger partial charge in [0, 0.05) is 29.6 Å². The zero-order chi connectivity index (χ0) is 41.5. The molecule has 14 heteroatoms. The number of rotatable bonds is 22. The van der Waals surface area contributed by atoms with Gasteiger partial charge in [0.1, 0.15) is 23.7 Å². The molecule has 0 radical (unpaired) electrons. The van der Waals surface area contributed by atoms with Gasteiger partial charge in [0.25, 0.3) is 0 Å². The van der Waals surface area contributed by atoms with E-state index in [1.165, 1.54) is 11.8 Å². The molecule has 7 N–H and O–H groups in total. The highest BCUT2D eigenvalue weighted by Crippen LogP contribution is 2.19. The molecule has 0 saturated heterocycles. The summed E-state index contributed by atoms with van der Waals surface area (Å²) in [7, 11) is 0. The first-order valence-electron chi connectivity index (χ1n) is 19.6. The number of alkyl carbamates (subject to hydrolysis) is 1. The molecule has 2 rings (SSSR count). The molecular formula is C41H68N6O7S. The molecule has 0 fully saturated rings. The van der Waals surface area contributed by atoms with Gasteiger partial charge in [0.05, 0.1) is 12.1 Å². The minimum absolute atomic E-state index is 0.0388. The summed E-state index contributed by atoms with van der Waals surface area (Å²) in [6.07, 6.45) is 3.88. The monoisotopic (exact) mass is 788 g/mol. The first-order valence-corrected chi connectivity index (χ1v) is 21.0. The Morgan fingerprint density at radius 3 is 2.04 bits per heavy atom. The van der Waals surface area contributed by atoms with Crippen LogP contribution in [0.5, 0.6) is 0 Å². The lowest BCUT2D eigenvalue weighted by Crippen LogP contribution is -2.58. The Balaban J connectivity index is 2.09. The summed E-state index contributed by atoms with van der Waals surface area (Å²) < 4.78 is 5.35. The minimum Gasteiger partial charge on any atom is -0.444 e. The minimum atomic E-state index is -1.09. The highest BCUT2D eigenvalue weighted by molar-refractivity contribution is 7.98. The van der Waals surface area contributed by atoms with Crippen LogP contribution in [0.15, 0.2) is 30.5 Å². The fraction of sp³-hybridized carbons (Fsp3) is 0.683. The van der Waals surface area contributed by atoms with Crippen LogP contribution in [0.25, 0.3) is 10.9 Å². The van der Waals surface area contributed by atoms with E-state index in [0.717, 1.165) is 16.5 Å². The predicted octanol–water partition coefficient (Wildman–Crippen LogP) is 5.06. The number of carbonyl (C=O) groups excluding carboxylic acids is 5. The fourth-order valence-electron chi connectivity index (χ4n) is 6.27. The van der Waals surface area contributed by atoms with Crippen LogP contribution in [0.3, 0.4) is 0 Å². The molecule has 1 aromatic carbocycles. The zero-order valence-electron chi connectivity index (χ0n) is 34.8. The molecular weight excluding hydrogens is 721 g/mol. The molecule has 0 saturated carbocycles. The number of carbonyl (C=O) groups is 5. The Bertz CT molecular complexity index is 1540. The number of ether oxygens (including phenoxy) is 1. The number of amides is 5. The summed E-state index contributed by atoms with van der Waals surface area (Å²) in [6, 6.07) is 4.64. The van der Waals surface area contributed by atoms with E-state index >= 15 is 0 Å². The third-order valence-electron chi connectivity index (χ3n) is 9.13. The maximum absolute atomic E-state index is 13.8. The summed E-state index contributed by atoms with van der Waals surface area (Å²) in [5.74, 6) is -1.78. The third kappa shape index (κ3) is 16.9. The van der Waals surface area contributed by atoms with Crippen molar-refractivity contribution in [3.63, 3.8) is 0 Å². The number of para-hydroxylation sites is 1. The van der Waals surface area contributed by atoms with Crippen molar-refractivity contribution in [3.05, 3.63) is 36.0 Å². The molecule has 6 atom stereocenters. The number of nitrogens with one attached hydrogen (secondary N) is 6. The Kier molecular flexibility index (Phi) is 19.5. The van der Waals surface area contributed by atoms with Gasteiger partial charge in [0.15, 0.2) is 0 Å². The second-order valence-corrected chi connectivity index (χ2v) is 17.7. The van der Waals surface area contributed by atoms with Crippen LogP contribution < -0.4 is 26.6 Å². The number of aliphatic hydroxyl groups excluding tert-OH is 1. The Morgan fingerprint density at radius 1 is 0.800 bits per heavy atom. The van der Waals surface area contributed by atoms with Crippen LogP contribution >= 0.6 is 11.8 Å². The summed E-state index contributed by atoms with van der Waals surface area (Å²) >= 11 is 1.52. The quantitative estimate of drug-likeness (QED) is 0.0862. The SMILES string of the molecule is CSCC[C@H](NC(=O)[C@@H](NC(=O)OC(C)(C)C)C(C)C)C(=O)N[C@@H](CC(C)C)[C@@H](O)C[C@@H](C)C(=O)NC(CC(C)C)C(=O)NCCc1c[nH]c2ccccc12. The Morgan fingerprint density at radius 2 is 1.44 bits per heavy atom. The van der Waals surface area contributed by atoms with Crippen molar-refractivity contribution in [2.45, 2.75) is 137 Å². The number of aromatic amines is 1. The van der Waals surface area contributed by atoms with Crippen molar-refractivity contribution < 1.29 is 33.8 Å². The van der Waals surface area contributed by atoms with Gasteiger partial charge in [-0.2, -0.15) is 11.8 Å². The maximum Gasteiger partial charge on any atom is 0.408 e. The fourth-order valence-corrected chi connectivity index (χ4v) is 6.74. The Hall–Kier alpha value is -3.78. The molecule has 0 aliphatic carbocycles. The molecule has 0 aliphatic rings. The van der Waals surface area contributed by atoms with Crippen molar-refractivity contribution in [1.29, 1.82) is 0 Å². The Labute approximate surface area is 332 Å². The average molecular weight is 789 g/mol. The van der Waals surface area contributed by atoms with Gasteiger partial charge in [-0.15, -0.1) is 0 Å². The predicted molar refractivity (Wildman–Crippen MR) is 220 cm³/mol. The number of aliphatic hydroxyl groups is 1. The lowest BCUT2D eigenvalue weighted by molar-refractivity contribution is -0.132. The molecule has 0 bridgehead atoms. The zero-order valence-corrected chi connectivity index (χ0v) is 35.7. The van der Waals surface area contributed by atoms with Gasteiger partial charge in [-0.05, 0) is 94.3 Å². The van der Waals surface area contributed by atoms with Crippen LogP contribution in [0.4, 0.5) is 4.79 Å². The molecule has 0 aliphatic heterocycles. The van der Waals surface area contributed by atoms with Gasteiger partial charge in [-0.3, -0.25) is 19.2 Å². The van der Waals surface area contributed by atoms with E-state index in [9.17, 15) is 29.1 Å². The normalized spacial score (nSPS) is 15.2. The van der Waals surface area contributed by atoms with Crippen molar-refractivity contribution in [2.75, 3.05) is 18.6 Å². The molecule has 13 nitrogen and oxygen atoms in total. The van der Waals surface area contributed by atoms with Crippen LogP contribution in [0.2, 0.25) is 0 Å². The van der Waals surface area contributed by atoms with E-state index < -0.39 is 59.7 Å². The van der Waals surface area contributed by atoms with Gasteiger partial charge < -0.3 is 41.4 Å². The van der Waals surface area contributed by atoms with Crippen LogP contribution in [0.1, 0.15) is 100 Å². The summed E-state index contributed by atoms with van der Waals surface area (Å²) in [5, 5.41) is 26.9. The number of hydrogen-bond donors (Lipinski definition) is 7. The molecule has 5 amide bonds. The van der Waals surface area contributed by atoms with E-state index in [1.54, 1.807) is 41.5 Å². The first kappa shape index (κ1) is 47.4. The highest BCUT2D eigenvalue weighted by Gasteiger charge is 2.33. The number of hydrogen-bond acceptors (Lipinski definition) is 8. The van der Waals surface area contributed by atoms with Crippen molar-refractivity contribution in [3.8, 4) is 0 Å². The van der Waals surface area contributed by atoms with E-state index in [4.69, 9.17) is 4.74 Å². The molecule has 310 valence electrons. The van der Waals surface area contributed by atoms with Gasteiger partial charge in [-0.25, -0.2) is 4.79 Å². The first-order chi connectivity index (χ1) is 25.7. The topological polar surface area (TPSA) is 191 Å². The standard InChI is InChI=1S/C41H68N6O7S/c1-24(2)20-32(45-38(51)31(17-19-55-11)44-39(52)35(26(5)6)47-40(53)54-41(8,9)10)34(48)22-27(7)36(49)46-33(21-25(3)4)37(50)42-18-16-28-23-43-30-15-13-12-14-29(28)30/h12-15,23-27,31-35,43,48H,16-22H2,1-11H3,(H,42,50)(H,44,52)(H,45,51)(H,46,49)(H,47,53)/t27-,31+,32+,33?,34+,35+/m1/s1. The van der Waals surface area contributed by atoms with Crippen molar-refractivity contribution in [1.82, 2.24) is 31.6 Å². The number of H-pyrrole nitrogens is 1. The van der Waals surface area contributed by atoms with Crippen molar-refractivity contribution >= 4 is 52.4 Å². The molecule has 1 heterocycles. The molecule has 2 aromatic rings. The number of benzene rings is 1. The van der Waals surface area contributed by atoms with Crippen molar-refractivity contribution in [2.24, 2.45) is 23.7 Å². The summed E-state index contributed by atoms with van der Waals surface area (Å²) in [6.45, 7) is 18.8. The van der Waals surface area contributed by atoms with Crippen LogP contribution in [-0.4, -0.2) is 94.2 Å². The van der Waals surface area contributed by atoms with E-state index in [0.29, 0.717) is 38.0 Å². The summed E-state index contributed by atoms with van der Waals surface area (Å²) in [5.41, 5.74) is 1.38. The molecule has 0 spiro atoms. The summed E-state index contributed by atoms with van der Waals surface area (Å²) in [4.78, 5) is 69.8. The highest BCUT2D eigenvalue weighted by atomic mass is 32.2. The second kappa shape index (κ2) is 22.7. The van der Waals surface area contributed by atoms with E-state index in [2.05, 4.69) is 31.6 Å². The average Bonchev–Trinajstić information content (AvgIpc) is 3.49. The smallest absolute Gasteiger partial charge is 0.408 e. The lowest BCUT2D eigenvalue weighted by atomic mass is 9.91. The third-order valence-corrected chi connectivity index (χ3v) is 9.78. The van der Waals surface area contributed by atoms with E-state index in [-0.39, 0.29) is 36.0 Å². The number of aromatic nitrogens is 1. The maximum atomic E-state index is 13.8. The van der Waals surface area contributed by atoms with Crippen LogP contribution in [-0.2, 0) is 30.3 Å². The van der Waals surface area contributed by atoms with E-state index in [1.807, 2.05) is 64.4 Å². The molecule has 55 heavy (non-hydrogen) atoms. The largest absolute Gasteiger partial charge is 0.444 e. The van der Waals surface area contributed by atoms with Gasteiger partial charge in [0.2, 0.25) is 23.6 Å². The lowest BCUT2D eigenvalue weighted by Gasteiger charge is -2.31. The number of thioether (sulfide) groups is 1. The molecule has 1 unspecified atom stereocenters. The molecule has 1 aromatic heterocycles. The van der Waals surface area contributed by atoms with Gasteiger partial charge in [-0.1, -0.05) is 66.7 Å². The van der Waals surface area contributed by atoms with Crippen LogP contribution in [0, 0.1) is 23.7 Å². The number of fused-ring (bicyclic) bond motifs is 1. The second-order valence-electron chi connectivity index (χ2n) is 16.8.